The number of ether oxygens (including phenoxy) is 1. The molecular formula is C20H46Cl2O5. The van der Waals surface area contributed by atoms with Gasteiger partial charge < -0.3 is 19.7 Å². The molecule has 0 saturated carbocycles. The minimum absolute atomic E-state index is 0.167. The van der Waals surface area contributed by atoms with E-state index in [-0.39, 0.29) is 23.7 Å². The van der Waals surface area contributed by atoms with Gasteiger partial charge in [-0.15, -0.1) is 23.2 Å². The van der Waals surface area contributed by atoms with Crippen molar-refractivity contribution in [3.05, 3.63) is 0 Å². The molecule has 2 N–H and O–H groups in total. The van der Waals surface area contributed by atoms with Gasteiger partial charge in [-0.05, 0) is 34.1 Å². The number of halogens is 2. The molecule has 0 radical (unpaired) electrons. The predicted molar refractivity (Wildman–Crippen MR) is 120 cm³/mol. The third-order valence-electron chi connectivity index (χ3n) is 1.82. The average Bonchev–Trinajstić information content (AvgIpc) is 2.56. The highest BCUT2D eigenvalue weighted by Gasteiger charge is 1.81. The van der Waals surface area contributed by atoms with Crippen molar-refractivity contribution in [2.45, 2.75) is 93.9 Å². The monoisotopic (exact) mass is 436 g/mol. The summed E-state index contributed by atoms with van der Waals surface area (Å²) in [6.45, 7) is 15.5. The Morgan fingerprint density at radius 3 is 1.07 bits per heavy atom. The number of rotatable bonds is 6. The van der Waals surface area contributed by atoms with Crippen LogP contribution in [-0.2, 0) is 14.3 Å². The van der Waals surface area contributed by atoms with Crippen LogP contribution in [0.4, 0.5) is 0 Å². The van der Waals surface area contributed by atoms with E-state index in [0.29, 0.717) is 13.2 Å². The number of alkyl halides is 2. The first-order chi connectivity index (χ1) is 12.7. The van der Waals surface area contributed by atoms with Gasteiger partial charge in [-0.1, -0.05) is 52.9 Å². The van der Waals surface area contributed by atoms with E-state index in [9.17, 15) is 9.59 Å². The summed E-state index contributed by atoms with van der Waals surface area (Å²) in [6.07, 6.45) is 7.57. The van der Waals surface area contributed by atoms with Gasteiger partial charge in [-0.3, -0.25) is 4.79 Å². The molecule has 0 aromatic heterocycles. The highest BCUT2D eigenvalue weighted by Crippen LogP contribution is 1.95. The molecule has 0 spiro atoms. The third kappa shape index (κ3) is 245. The number of carbonyl (C=O) groups is 2. The van der Waals surface area contributed by atoms with E-state index in [4.69, 9.17) is 33.4 Å². The van der Waals surface area contributed by atoms with Gasteiger partial charge >= 0.3 is 5.97 Å². The van der Waals surface area contributed by atoms with Crippen molar-refractivity contribution in [3.63, 3.8) is 0 Å². The van der Waals surface area contributed by atoms with Gasteiger partial charge in [0.25, 0.3) is 0 Å². The van der Waals surface area contributed by atoms with Gasteiger partial charge in [-0.25, -0.2) is 0 Å². The summed E-state index contributed by atoms with van der Waals surface area (Å²) in [5.41, 5.74) is 0. The number of esters is 1. The van der Waals surface area contributed by atoms with E-state index in [1.165, 1.54) is 46.5 Å². The second kappa shape index (κ2) is 56.2. The first-order valence-electron chi connectivity index (χ1n) is 9.60. The minimum Gasteiger partial charge on any atom is -0.466 e. The van der Waals surface area contributed by atoms with Crippen molar-refractivity contribution >= 4 is 35.0 Å². The van der Waals surface area contributed by atoms with Crippen molar-refractivity contribution in [2.75, 3.05) is 25.2 Å². The van der Waals surface area contributed by atoms with Crippen LogP contribution in [0.1, 0.15) is 93.9 Å². The molecule has 0 aromatic carbocycles. The van der Waals surface area contributed by atoms with E-state index < -0.39 is 0 Å². The van der Waals surface area contributed by atoms with Crippen LogP contribution in [0.25, 0.3) is 0 Å². The van der Waals surface area contributed by atoms with Crippen LogP contribution >= 0.6 is 23.2 Å². The summed E-state index contributed by atoms with van der Waals surface area (Å²) in [4.78, 5) is 19.3. The Bertz CT molecular complexity index is 216. The zero-order valence-electron chi connectivity index (χ0n) is 18.9. The Balaban J connectivity index is -0.0000000501. The van der Waals surface area contributed by atoms with E-state index in [1.807, 2.05) is 0 Å². The Morgan fingerprint density at radius 1 is 0.778 bits per heavy atom. The van der Waals surface area contributed by atoms with Crippen molar-refractivity contribution in [1.82, 2.24) is 0 Å². The van der Waals surface area contributed by atoms with Gasteiger partial charge in [0.05, 0.1) is 11.9 Å². The quantitative estimate of drug-likeness (QED) is 0.305. The van der Waals surface area contributed by atoms with Crippen LogP contribution in [0.15, 0.2) is 0 Å². The van der Waals surface area contributed by atoms with Gasteiger partial charge in [0.15, 0.2) is 0 Å². The maximum absolute atomic E-state index is 9.82. The Kier molecular flexibility index (Phi) is 85.6. The number of unbranched alkanes of at least 4 members (excludes halogenated alkanes) is 4. The summed E-state index contributed by atoms with van der Waals surface area (Å²) < 4.78 is 4.40. The fourth-order valence-corrected chi connectivity index (χ4v) is 0.861. The van der Waals surface area contributed by atoms with Crippen LogP contribution in [0.2, 0.25) is 0 Å². The lowest BCUT2D eigenvalue weighted by molar-refractivity contribution is -0.140. The molecule has 0 amide bonds. The highest BCUT2D eigenvalue weighted by molar-refractivity contribution is 6.40. The molecule has 27 heavy (non-hydrogen) atoms. The molecule has 170 valence electrons. The molecule has 7 heteroatoms. The highest BCUT2D eigenvalue weighted by atomic mass is 35.5. The molecule has 5 nitrogen and oxygen atoms in total. The molecule has 0 rings (SSSR count). The molecular weight excluding hydrogens is 391 g/mol. The number of aliphatic hydroxyl groups is 2. The number of ketones is 1. The largest absolute Gasteiger partial charge is 0.466 e. The second-order valence-corrected chi connectivity index (χ2v) is 5.84. The van der Waals surface area contributed by atoms with Crippen molar-refractivity contribution in [2.24, 2.45) is 0 Å². The Morgan fingerprint density at radius 2 is 1.04 bits per heavy atom. The third-order valence-corrected chi connectivity index (χ3v) is 1.82. The molecule has 0 heterocycles. The Labute approximate surface area is 178 Å². The SMILES string of the molecule is CC(C)=O.CCCCCC.CCCCO.CCO.CCOC(C)=O.ClCCl. The smallest absolute Gasteiger partial charge is 0.302 e. The second-order valence-electron chi connectivity index (χ2n) is 5.03. The first kappa shape index (κ1) is 41.1. The number of hydrogen-bond acceptors (Lipinski definition) is 5. The molecule has 0 unspecified atom stereocenters. The van der Waals surface area contributed by atoms with E-state index in [2.05, 4.69) is 25.5 Å². The van der Waals surface area contributed by atoms with Gasteiger partial charge in [0, 0.05) is 20.1 Å². The zero-order chi connectivity index (χ0) is 22.9. The molecule has 0 bridgehead atoms. The van der Waals surface area contributed by atoms with E-state index in [0.717, 1.165) is 12.8 Å². The normalized spacial score (nSPS) is 7.56. The molecule has 0 aromatic rings. The topological polar surface area (TPSA) is 83.8 Å². The minimum atomic E-state index is -0.211. The summed E-state index contributed by atoms with van der Waals surface area (Å²) in [5, 5.41) is 15.8. The lowest BCUT2D eigenvalue weighted by Gasteiger charge is -1.89. The zero-order valence-corrected chi connectivity index (χ0v) is 20.5. The molecule has 0 atom stereocenters. The van der Waals surface area contributed by atoms with Crippen molar-refractivity contribution < 1.29 is 24.5 Å². The Hall–Kier alpha value is -0.360. The lowest BCUT2D eigenvalue weighted by atomic mass is 10.2. The molecule has 0 aliphatic heterocycles. The van der Waals surface area contributed by atoms with E-state index in [1.54, 1.807) is 13.8 Å². The summed E-state index contributed by atoms with van der Waals surface area (Å²) >= 11 is 9.53. The number of Topliss-reactive ketones (excluding diaryl/α,β-unsaturated/α-hetero) is 1. The number of carbonyl (C=O) groups excluding carboxylic acids is 2. The van der Waals surface area contributed by atoms with Crippen LogP contribution in [0.3, 0.4) is 0 Å². The fraction of sp³-hybridized carbons (Fsp3) is 0.900. The average molecular weight is 437 g/mol. The van der Waals surface area contributed by atoms with Crippen LogP contribution in [-0.4, -0.2) is 47.1 Å². The van der Waals surface area contributed by atoms with Crippen LogP contribution < -0.4 is 0 Å². The molecule has 0 aliphatic carbocycles. The van der Waals surface area contributed by atoms with Crippen LogP contribution in [0, 0.1) is 0 Å². The van der Waals surface area contributed by atoms with Gasteiger partial charge in [-0.2, -0.15) is 0 Å². The van der Waals surface area contributed by atoms with Crippen LogP contribution in [0.5, 0.6) is 0 Å². The standard InChI is InChI=1S/C6H14.C4H8O2.C4H10O.C3H6O.C2H6O.CH2Cl2/c1-3-5-6-4-2;1-3-6-4(2)5;1-2-3-4-5;1-3(2)4;1-2-3;2-1-3/h3-6H2,1-2H3;3H2,1-2H3;5H,2-4H2,1H3;1-2H3;3H,2H2,1H3;1H2. The van der Waals surface area contributed by atoms with Crippen molar-refractivity contribution in [1.29, 1.82) is 0 Å². The molecule has 0 fully saturated rings. The maximum atomic E-state index is 9.82. The lowest BCUT2D eigenvalue weighted by Crippen LogP contribution is -1.95. The fourth-order valence-electron chi connectivity index (χ4n) is 0.861. The summed E-state index contributed by atoms with van der Waals surface area (Å²) in [5.74, 6) is -0.0440. The molecule has 0 saturated heterocycles. The summed E-state index contributed by atoms with van der Waals surface area (Å²) in [7, 11) is 0. The maximum Gasteiger partial charge on any atom is 0.302 e. The first-order valence-corrected chi connectivity index (χ1v) is 10.7. The van der Waals surface area contributed by atoms with Gasteiger partial charge in [0.1, 0.15) is 5.78 Å². The van der Waals surface area contributed by atoms with Crippen molar-refractivity contribution in [3.8, 4) is 0 Å². The predicted octanol–water partition coefficient (Wildman–Crippen LogP) is 5.95. The number of aliphatic hydroxyl groups excluding tert-OH is 2. The summed E-state index contributed by atoms with van der Waals surface area (Å²) in [6, 6.07) is 0. The number of hydrogen-bond donors (Lipinski definition) is 2. The van der Waals surface area contributed by atoms with E-state index >= 15 is 0 Å². The van der Waals surface area contributed by atoms with Gasteiger partial charge in [0.2, 0.25) is 0 Å². The molecule has 0 aliphatic rings.